The molecular formula is C13H14BrN3O2. The van der Waals surface area contributed by atoms with Crippen LogP contribution in [0.5, 0.6) is 5.75 Å². The van der Waals surface area contributed by atoms with Crippen molar-refractivity contribution in [1.29, 1.82) is 0 Å². The Bertz CT molecular complexity index is 599. The maximum Gasteiger partial charge on any atom is 0.315 e. The van der Waals surface area contributed by atoms with E-state index in [1.54, 1.807) is 6.92 Å². The average molecular weight is 324 g/mol. The summed E-state index contributed by atoms with van der Waals surface area (Å²) in [4.78, 5) is 0. The molecule has 0 bridgehead atoms. The molecule has 0 fully saturated rings. The van der Waals surface area contributed by atoms with E-state index >= 15 is 0 Å². The van der Waals surface area contributed by atoms with Crippen molar-refractivity contribution in [2.75, 3.05) is 11.9 Å². The van der Waals surface area contributed by atoms with Crippen LogP contribution < -0.4 is 10.1 Å². The maximum absolute atomic E-state index is 5.93. The molecule has 100 valence electrons. The molecule has 6 heteroatoms. The molecular weight excluding hydrogens is 310 g/mol. The Kier molecular flexibility index (Phi) is 3.18. The summed E-state index contributed by atoms with van der Waals surface area (Å²) in [6, 6.07) is 6.53. The minimum atomic E-state index is 0.0662. The van der Waals surface area contributed by atoms with E-state index in [-0.39, 0.29) is 6.10 Å². The van der Waals surface area contributed by atoms with Crippen molar-refractivity contribution < 1.29 is 9.15 Å². The Hall–Kier alpha value is -1.56. The van der Waals surface area contributed by atoms with Crippen LogP contribution in [-0.2, 0) is 0 Å². The Balaban J connectivity index is 1.68. The lowest BCUT2D eigenvalue weighted by atomic mass is 9.98. The number of aryl methyl sites for hydroxylation is 1. The summed E-state index contributed by atoms with van der Waals surface area (Å²) in [5, 5.41) is 10.8. The number of rotatable bonds is 3. The summed E-state index contributed by atoms with van der Waals surface area (Å²) in [6.07, 6.45) is 0.0662. The lowest BCUT2D eigenvalue weighted by molar-refractivity contribution is 0.223. The molecule has 5 nitrogen and oxygen atoms in total. The molecule has 0 unspecified atom stereocenters. The van der Waals surface area contributed by atoms with Gasteiger partial charge >= 0.3 is 6.01 Å². The predicted molar refractivity (Wildman–Crippen MR) is 74.5 cm³/mol. The summed E-state index contributed by atoms with van der Waals surface area (Å²) in [5.41, 5.74) is 1.22. The van der Waals surface area contributed by atoms with Gasteiger partial charge in [0.25, 0.3) is 0 Å². The molecule has 2 aromatic rings. The minimum Gasteiger partial charge on any atom is -0.488 e. The molecule has 3 rings (SSSR count). The average Bonchev–Trinajstić information content (AvgIpc) is 2.93. The number of nitrogens with one attached hydrogen (secondary N) is 1. The SMILES string of the molecule is Cc1nnc(NC[C@@H]2Oc3ccc(Br)cc3[C@@H]2C)o1. The smallest absolute Gasteiger partial charge is 0.315 e. The topological polar surface area (TPSA) is 60.2 Å². The van der Waals surface area contributed by atoms with E-state index in [1.807, 2.05) is 12.1 Å². The standard InChI is InChI=1S/C13H14BrN3O2/c1-7-10-5-9(14)3-4-11(10)19-12(7)6-15-13-17-16-8(2)18-13/h3-5,7,12H,6H2,1-2H3,(H,15,17)/t7-,12-/m0/s1. The third-order valence-electron chi connectivity index (χ3n) is 3.28. The van der Waals surface area contributed by atoms with Gasteiger partial charge in [-0.2, -0.15) is 0 Å². The fraction of sp³-hybridized carbons (Fsp3) is 0.385. The molecule has 0 spiro atoms. The number of ether oxygens (including phenoxy) is 1. The number of fused-ring (bicyclic) bond motifs is 1. The molecule has 0 saturated heterocycles. The number of hydrogen-bond donors (Lipinski definition) is 1. The Labute approximate surface area is 119 Å². The molecule has 1 aliphatic heterocycles. The summed E-state index contributed by atoms with van der Waals surface area (Å²) in [5.74, 6) is 1.82. The zero-order valence-corrected chi connectivity index (χ0v) is 12.3. The van der Waals surface area contributed by atoms with E-state index in [0.29, 0.717) is 24.4 Å². The fourth-order valence-electron chi connectivity index (χ4n) is 2.22. The molecule has 2 heterocycles. The predicted octanol–water partition coefficient (Wildman–Crippen LogP) is 3.12. The highest BCUT2D eigenvalue weighted by molar-refractivity contribution is 9.10. The number of benzene rings is 1. The van der Waals surface area contributed by atoms with E-state index in [2.05, 4.69) is 44.4 Å². The summed E-state index contributed by atoms with van der Waals surface area (Å²) in [6.45, 7) is 4.55. The first-order valence-corrected chi connectivity index (χ1v) is 6.93. The molecule has 0 amide bonds. The monoisotopic (exact) mass is 323 g/mol. The van der Waals surface area contributed by atoms with Crippen molar-refractivity contribution in [2.24, 2.45) is 0 Å². The van der Waals surface area contributed by atoms with Crippen LogP contribution >= 0.6 is 15.9 Å². The van der Waals surface area contributed by atoms with Crippen LogP contribution in [0.15, 0.2) is 27.1 Å². The molecule has 1 aromatic heterocycles. The number of hydrogen-bond acceptors (Lipinski definition) is 5. The highest BCUT2D eigenvalue weighted by Gasteiger charge is 2.31. The van der Waals surface area contributed by atoms with Gasteiger partial charge in [0.05, 0.1) is 6.54 Å². The minimum absolute atomic E-state index is 0.0662. The van der Waals surface area contributed by atoms with E-state index in [4.69, 9.17) is 9.15 Å². The third-order valence-corrected chi connectivity index (χ3v) is 3.77. The van der Waals surface area contributed by atoms with Gasteiger partial charge in [0.2, 0.25) is 5.89 Å². The van der Waals surface area contributed by atoms with Gasteiger partial charge < -0.3 is 14.5 Å². The molecule has 19 heavy (non-hydrogen) atoms. The second-order valence-corrected chi connectivity index (χ2v) is 5.55. The molecule has 0 saturated carbocycles. The second kappa shape index (κ2) is 4.85. The largest absolute Gasteiger partial charge is 0.488 e. The van der Waals surface area contributed by atoms with Gasteiger partial charge in [-0.05, 0) is 18.2 Å². The zero-order valence-electron chi connectivity index (χ0n) is 10.7. The maximum atomic E-state index is 5.93. The first-order chi connectivity index (χ1) is 9.13. The van der Waals surface area contributed by atoms with Crippen LogP contribution in [-0.4, -0.2) is 22.8 Å². The molecule has 0 aliphatic carbocycles. The zero-order chi connectivity index (χ0) is 13.4. The lowest BCUT2D eigenvalue weighted by Gasteiger charge is -2.14. The highest BCUT2D eigenvalue weighted by atomic mass is 79.9. The number of nitrogens with zero attached hydrogens (tertiary/aromatic N) is 2. The summed E-state index contributed by atoms with van der Waals surface area (Å²) >= 11 is 3.49. The van der Waals surface area contributed by atoms with Crippen molar-refractivity contribution in [3.63, 3.8) is 0 Å². The number of halogens is 1. The van der Waals surface area contributed by atoms with Gasteiger partial charge in [0.15, 0.2) is 0 Å². The van der Waals surface area contributed by atoms with Crippen LogP contribution in [0.2, 0.25) is 0 Å². The number of aromatic nitrogens is 2. The van der Waals surface area contributed by atoms with Crippen LogP contribution in [0, 0.1) is 6.92 Å². The van der Waals surface area contributed by atoms with Crippen LogP contribution in [0.1, 0.15) is 24.3 Å². The first-order valence-electron chi connectivity index (χ1n) is 6.13. The van der Waals surface area contributed by atoms with Crippen LogP contribution in [0.4, 0.5) is 6.01 Å². The number of anilines is 1. The van der Waals surface area contributed by atoms with Crippen molar-refractivity contribution in [3.05, 3.63) is 34.1 Å². The third kappa shape index (κ3) is 2.45. The molecule has 1 aromatic carbocycles. The van der Waals surface area contributed by atoms with Gasteiger partial charge in [-0.15, -0.1) is 5.10 Å². The van der Waals surface area contributed by atoms with Crippen LogP contribution in [0.25, 0.3) is 0 Å². The normalized spacial score (nSPS) is 21.0. The van der Waals surface area contributed by atoms with Crippen molar-refractivity contribution in [2.45, 2.75) is 25.9 Å². The van der Waals surface area contributed by atoms with Gasteiger partial charge in [-0.1, -0.05) is 28.0 Å². The Morgan fingerprint density at radius 2 is 2.21 bits per heavy atom. The van der Waals surface area contributed by atoms with Gasteiger partial charge in [-0.3, -0.25) is 0 Å². The Morgan fingerprint density at radius 1 is 1.37 bits per heavy atom. The summed E-state index contributed by atoms with van der Waals surface area (Å²) < 4.78 is 12.3. The first kappa shape index (κ1) is 12.5. The fourth-order valence-corrected chi connectivity index (χ4v) is 2.60. The molecule has 1 aliphatic rings. The quantitative estimate of drug-likeness (QED) is 0.940. The molecule has 2 atom stereocenters. The van der Waals surface area contributed by atoms with E-state index < -0.39 is 0 Å². The molecule has 1 N–H and O–H groups in total. The lowest BCUT2D eigenvalue weighted by Crippen LogP contribution is -2.26. The van der Waals surface area contributed by atoms with Gasteiger partial charge in [-0.25, -0.2) is 0 Å². The van der Waals surface area contributed by atoms with Gasteiger partial charge in [0.1, 0.15) is 11.9 Å². The molecule has 0 radical (unpaired) electrons. The van der Waals surface area contributed by atoms with Crippen LogP contribution in [0.3, 0.4) is 0 Å². The summed E-state index contributed by atoms with van der Waals surface area (Å²) in [7, 11) is 0. The van der Waals surface area contributed by atoms with E-state index in [0.717, 1.165) is 10.2 Å². The van der Waals surface area contributed by atoms with E-state index in [9.17, 15) is 0 Å². The van der Waals surface area contributed by atoms with Gasteiger partial charge in [0, 0.05) is 22.9 Å². The second-order valence-electron chi connectivity index (χ2n) is 4.63. The van der Waals surface area contributed by atoms with Crippen molar-refractivity contribution in [1.82, 2.24) is 10.2 Å². The van der Waals surface area contributed by atoms with E-state index in [1.165, 1.54) is 5.56 Å². The Morgan fingerprint density at radius 3 is 2.95 bits per heavy atom. The highest BCUT2D eigenvalue weighted by Crippen LogP contribution is 2.39. The van der Waals surface area contributed by atoms with Crippen molar-refractivity contribution >= 4 is 21.9 Å². The van der Waals surface area contributed by atoms with Crippen molar-refractivity contribution in [3.8, 4) is 5.75 Å².